The zero-order valence-corrected chi connectivity index (χ0v) is 16.4. The molecule has 0 aromatic heterocycles. The number of benzene rings is 2. The van der Waals surface area contributed by atoms with Gasteiger partial charge in [-0.15, -0.1) is 0 Å². The molecule has 0 saturated carbocycles. The zero-order chi connectivity index (χ0) is 19.1. The van der Waals surface area contributed by atoms with Gasteiger partial charge in [-0.1, -0.05) is 18.2 Å². The van der Waals surface area contributed by atoms with Gasteiger partial charge in [0.25, 0.3) is 11.6 Å². The normalized spacial score (nSPS) is 24.1. The molecule has 28 heavy (non-hydrogen) atoms. The Morgan fingerprint density at radius 1 is 1.00 bits per heavy atom. The van der Waals surface area contributed by atoms with Crippen LogP contribution in [-0.2, 0) is 5.72 Å². The monoisotopic (exact) mass is 379 g/mol. The molecule has 5 heteroatoms. The molecule has 0 spiro atoms. The van der Waals surface area contributed by atoms with Crippen molar-refractivity contribution >= 4 is 11.5 Å². The van der Waals surface area contributed by atoms with Crippen molar-refractivity contribution in [3.8, 4) is 11.5 Å². The Bertz CT molecular complexity index is 939. The molecular formula is C23H27N2O3+. The van der Waals surface area contributed by atoms with Gasteiger partial charge in [0.2, 0.25) is 0 Å². The van der Waals surface area contributed by atoms with Gasteiger partial charge >= 0.3 is 0 Å². The van der Waals surface area contributed by atoms with Crippen molar-refractivity contribution in [2.75, 3.05) is 31.2 Å². The third-order valence-electron chi connectivity index (χ3n) is 6.14. The Morgan fingerprint density at radius 3 is 2.68 bits per heavy atom. The number of para-hydroxylation sites is 1. The summed E-state index contributed by atoms with van der Waals surface area (Å²) in [6.45, 7) is 4.64. The summed E-state index contributed by atoms with van der Waals surface area (Å²) in [5, 5.41) is 12.0. The number of aliphatic hydroxyl groups is 1. The number of hydrogen-bond donors (Lipinski definition) is 1. The lowest BCUT2D eigenvalue weighted by atomic mass is 10.0. The summed E-state index contributed by atoms with van der Waals surface area (Å²) in [6.07, 6.45) is 4.43. The molecule has 0 radical (unpaired) electrons. The van der Waals surface area contributed by atoms with Crippen LogP contribution in [-0.4, -0.2) is 41.8 Å². The van der Waals surface area contributed by atoms with E-state index >= 15 is 0 Å². The highest BCUT2D eigenvalue weighted by Crippen LogP contribution is 2.40. The lowest BCUT2D eigenvalue weighted by Gasteiger charge is -2.26. The van der Waals surface area contributed by atoms with Crippen molar-refractivity contribution in [1.82, 2.24) is 0 Å². The first-order valence-corrected chi connectivity index (χ1v) is 10.3. The quantitative estimate of drug-likeness (QED) is 0.812. The zero-order valence-electron chi connectivity index (χ0n) is 16.4. The molecule has 2 aromatic carbocycles. The lowest BCUT2D eigenvalue weighted by molar-refractivity contribution is -0.658. The van der Waals surface area contributed by atoms with Crippen molar-refractivity contribution < 1.29 is 19.2 Å². The van der Waals surface area contributed by atoms with Gasteiger partial charge in [0, 0.05) is 12.0 Å². The van der Waals surface area contributed by atoms with Gasteiger partial charge in [0.15, 0.2) is 18.0 Å². The molecule has 1 N–H and O–H groups in total. The summed E-state index contributed by atoms with van der Waals surface area (Å²) in [6, 6.07) is 14.3. The topological polar surface area (TPSA) is 44.9 Å². The summed E-state index contributed by atoms with van der Waals surface area (Å²) in [4.78, 5) is 2.32. The minimum Gasteiger partial charge on any atom is -0.486 e. The second-order valence-corrected chi connectivity index (χ2v) is 7.93. The molecule has 1 unspecified atom stereocenters. The highest BCUT2D eigenvalue weighted by molar-refractivity contribution is 5.96. The summed E-state index contributed by atoms with van der Waals surface area (Å²) in [5.74, 6) is 2.71. The maximum Gasteiger partial charge on any atom is 0.271 e. The largest absolute Gasteiger partial charge is 0.486 e. The van der Waals surface area contributed by atoms with Gasteiger partial charge in [-0.3, -0.25) is 0 Å². The van der Waals surface area contributed by atoms with E-state index in [4.69, 9.17) is 9.47 Å². The minimum absolute atomic E-state index is 0.521. The Kier molecular flexibility index (Phi) is 4.27. The number of anilines is 1. The standard InChI is InChI=1S/C23H27N2O3/c1-17-7-4-5-8-19(17)24-16-23(26,25-12-6-2-3-9-22(24)25)18-10-11-20-21(15-18)28-14-13-27-20/h4-5,7-8,10-11,15,26H,2-3,6,9,12-14,16H2,1H3/q+1. The van der Waals surface area contributed by atoms with Crippen LogP contribution in [0.4, 0.5) is 5.69 Å². The number of aryl methyl sites for hydroxylation is 1. The molecule has 0 saturated heterocycles. The molecule has 0 fully saturated rings. The van der Waals surface area contributed by atoms with Crippen molar-refractivity contribution in [3.63, 3.8) is 0 Å². The molecule has 2 aromatic rings. The van der Waals surface area contributed by atoms with Crippen LogP contribution < -0.4 is 14.4 Å². The molecule has 3 heterocycles. The SMILES string of the molecule is Cc1ccccc1N1CC(O)(c2ccc3c(c2)OCCO3)[N+]2=C1CCCCC2. The third kappa shape index (κ3) is 2.76. The number of hydrogen-bond acceptors (Lipinski definition) is 4. The fraction of sp³-hybridized carbons (Fsp3) is 0.435. The van der Waals surface area contributed by atoms with Crippen molar-refractivity contribution in [1.29, 1.82) is 0 Å². The first-order chi connectivity index (χ1) is 13.7. The lowest BCUT2D eigenvalue weighted by Crippen LogP contribution is -2.41. The van der Waals surface area contributed by atoms with E-state index in [1.165, 1.54) is 23.5 Å². The Hall–Kier alpha value is -2.53. The molecular weight excluding hydrogens is 352 g/mol. The van der Waals surface area contributed by atoms with E-state index in [2.05, 4.69) is 40.7 Å². The summed E-state index contributed by atoms with van der Waals surface area (Å²) < 4.78 is 13.7. The van der Waals surface area contributed by atoms with Crippen LogP contribution in [0.15, 0.2) is 42.5 Å². The van der Waals surface area contributed by atoms with Gasteiger partial charge in [-0.25, -0.2) is 9.48 Å². The van der Waals surface area contributed by atoms with E-state index in [0.717, 1.165) is 42.9 Å². The van der Waals surface area contributed by atoms with E-state index in [1.807, 2.05) is 18.2 Å². The molecule has 3 aliphatic rings. The Balaban J connectivity index is 1.61. The second kappa shape index (κ2) is 6.82. The molecule has 5 nitrogen and oxygen atoms in total. The van der Waals surface area contributed by atoms with E-state index in [0.29, 0.717) is 19.8 Å². The third-order valence-corrected chi connectivity index (χ3v) is 6.14. The average Bonchev–Trinajstić information content (AvgIpc) is 2.88. The number of ether oxygens (including phenoxy) is 2. The van der Waals surface area contributed by atoms with Crippen LogP contribution in [0.1, 0.15) is 36.8 Å². The van der Waals surface area contributed by atoms with E-state index in [-0.39, 0.29) is 0 Å². The molecule has 5 rings (SSSR count). The van der Waals surface area contributed by atoms with Crippen molar-refractivity contribution in [2.24, 2.45) is 0 Å². The Labute approximate surface area is 165 Å². The number of nitrogens with zero attached hydrogens (tertiary/aromatic N) is 2. The predicted molar refractivity (Wildman–Crippen MR) is 108 cm³/mol. The Morgan fingerprint density at radius 2 is 1.82 bits per heavy atom. The van der Waals surface area contributed by atoms with Crippen LogP contribution in [0.5, 0.6) is 11.5 Å². The molecule has 1 atom stereocenters. The van der Waals surface area contributed by atoms with Gasteiger partial charge in [0.05, 0.1) is 6.54 Å². The average molecular weight is 379 g/mol. The summed E-state index contributed by atoms with van der Waals surface area (Å²) in [5.41, 5.74) is 2.20. The predicted octanol–water partition coefficient (Wildman–Crippen LogP) is 3.42. The van der Waals surface area contributed by atoms with Crippen molar-refractivity contribution in [2.45, 2.75) is 38.3 Å². The maximum absolute atomic E-state index is 12.0. The van der Waals surface area contributed by atoms with E-state index in [9.17, 15) is 5.11 Å². The number of β-amino-alcohol motifs (C(OH)–C–C–N with tert-alkyl or cyclic N) is 1. The van der Waals surface area contributed by atoms with Gasteiger partial charge in [-0.2, -0.15) is 0 Å². The minimum atomic E-state index is -1.07. The molecule has 0 aliphatic carbocycles. The van der Waals surface area contributed by atoms with Crippen LogP contribution >= 0.6 is 0 Å². The summed E-state index contributed by atoms with van der Waals surface area (Å²) in [7, 11) is 0. The number of amidine groups is 1. The van der Waals surface area contributed by atoms with Gasteiger partial charge < -0.3 is 14.6 Å². The molecule has 0 bridgehead atoms. The molecule has 0 amide bonds. The van der Waals surface area contributed by atoms with Crippen LogP contribution in [0.3, 0.4) is 0 Å². The first kappa shape index (κ1) is 17.6. The van der Waals surface area contributed by atoms with Gasteiger partial charge in [0.1, 0.15) is 18.9 Å². The summed E-state index contributed by atoms with van der Waals surface area (Å²) >= 11 is 0. The number of fused-ring (bicyclic) bond motifs is 1. The first-order valence-electron chi connectivity index (χ1n) is 10.3. The maximum atomic E-state index is 12.0. The highest BCUT2D eigenvalue weighted by Gasteiger charge is 2.52. The van der Waals surface area contributed by atoms with E-state index < -0.39 is 5.72 Å². The fourth-order valence-electron chi connectivity index (χ4n) is 4.70. The second-order valence-electron chi connectivity index (χ2n) is 7.93. The smallest absolute Gasteiger partial charge is 0.271 e. The molecule has 146 valence electrons. The number of rotatable bonds is 2. The van der Waals surface area contributed by atoms with Crippen LogP contribution in [0.25, 0.3) is 0 Å². The van der Waals surface area contributed by atoms with Crippen molar-refractivity contribution in [3.05, 3.63) is 53.6 Å². The van der Waals surface area contributed by atoms with Crippen LogP contribution in [0.2, 0.25) is 0 Å². The highest BCUT2D eigenvalue weighted by atomic mass is 16.6. The fourth-order valence-corrected chi connectivity index (χ4v) is 4.70. The van der Waals surface area contributed by atoms with E-state index in [1.54, 1.807) is 0 Å². The molecule has 3 aliphatic heterocycles. The van der Waals surface area contributed by atoms with Crippen LogP contribution in [0, 0.1) is 6.92 Å². The van der Waals surface area contributed by atoms with Gasteiger partial charge in [-0.05, 0) is 56.0 Å².